The van der Waals surface area contributed by atoms with Crippen molar-refractivity contribution in [2.24, 2.45) is 0 Å². The summed E-state index contributed by atoms with van der Waals surface area (Å²) >= 11 is 0. The Hall–Kier alpha value is -2.08. The van der Waals surface area contributed by atoms with Crippen molar-refractivity contribution in [2.75, 3.05) is 20.6 Å². The smallest absolute Gasteiger partial charge is 0.326 e. The van der Waals surface area contributed by atoms with E-state index in [1.165, 1.54) is 24.3 Å². The van der Waals surface area contributed by atoms with Crippen molar-refractivity contribution in [2.45, 2.75) is 18.9 Å². The van der Waals surface area contributed by atoms with Gasteiger partial charge in [0.2, 0.25) is 0 Å². The number of carbonyl (C=O) groups is 2. The molecule has 0 aliphatic rings. The fourth-order valence-corrected chi connectivity index (χ4v) is 1.72. The van der Waals surface area contributed by atoms with Gasteiger partial charge in [-0.15, -0.1) is 0 Å². The molecule has 1 aromatic carbocycles. The normalized spacial score (nSPS) is 12.2. The van der Waals surface area contributed by atoms with Crippen LogP contribution in [0.5, 0.6) is 5.75 Å². The highest BCUT2D eigenvalue weighted by molar-refractivity contribution is 5.96. The Morgan fingerprint density at radius 1 is 1.25 bits per heavy atom. The summed E-state index contributed by atoms with van der Waals surface area (Å²) in [5, 5.41) is 20.7. The summed E-state index contributed by atoms with van der Waals surface area (Å²) in [7, 11) is 3.82. The number of aliphatic carboxylic acids is 1. The number of hydrogen-bond donors (Lipinski definition) is 3. The molecule has 6 heteroatoms. The lowest BCUT2D eigenvalue weighted by molar-refractivity contribution is -0.139. The van der Waals surface area contributed by atoms with Gasteiger partial charge in [-0.3, -0.25) is 4.79 Å². The second-order valence-electron chi connectivity index (χ2n) is 4.86. The van der Waals surface area contributed by atoms with Crippen LogP contribution in [-0.4, -0.2) is 53.7 Å². The summed E-state index contributed by atoms with van der Waals surface area (Å²) in [4.78, 5) is 25.0. The minimum absolute atomic E-state index is 0.0577. The van der Waals surface area contributed by atoms with E-state index in [9.17, 15) is 9.59 Å². The van der Waals surface area contributed by atoms with Crippen LogP contribution in [0.2, 0.25) is 0 Å². The molecular formula is C14H20N2O4. The van der Waals surface area contributed by atoms with Gasteiger partial charge in [0.15, 0.2) is 0 Å². The van der Waals surface area contributed by atoms with Crippen molar-refractivity contribution < 1.29 is 19.8 Å². The maximum atomic E-state index is 11.9. The quantitative estimate of drug-likeness (QED) is 0.691. The summed E-state index contributed by atoms with van der Waals surface area (Å²) in [6.07, 6.45) is 1.05. The first-order valence-electron chi connectivity index (χ1n) is 6.37. The molecule has 0 aromatic heterocycles. The molecule has 0 aliphatic heterocycles. The van der Waals surface area contributed by atoms with Crippen LogP contribution in [0.3, 0.4) is 0 Å². The van der Waals surface area contributed by atoms with Crippen LogP contribution in [0.4, 0.5) is 0 Å². The summed E-state index contributed by atoms with van der Waals surface area (Å²) in [5.41, 5.74) is 0.321. The van der Waals surface area contributed by atoms with E-state index in [1.54, 1.807) is 0 Å². The van der Waals surface area contributed by atoms with Crippen molar-refractivity contribution in [1.29, 1.82) is 0 Å². The van der Waals surface area contributed by atoms with Gasteiger partial charge in [0.25, 0.3) is 5.91 Å². The van der Waals surface area contributed by atoms with Gasteiger partial charge in [0.1, 0.15) is 11.8 Å². The molecule has 1 atom stereocenters. The third-order valence-electron chi connectivity index (χ3n) is 2.83. The molecule has 0 aliphatic carbocycles. The number of phenolic OH excluding ortho intramolecular Hbond substituents is 1. The number of carboxylic acid groups (broad SMARTS) is 1. The molecule has 0 saturated heterocycles. The molecule has 0 radical (unpaired) electrons. The van der Waals surface area contributed by atoms with E-state index in [-0.39, 0.29) is 5.75 Å². The average Bonchev–Trinajstić information content (AvgIpc) is 2.37. The van der Waals surface area contributed by atoms with E-state index in [2.05, 4.69) is 5.32 Å². The molecule has 1 aromatic rings. The lowest BCUT2D eigenvalue weighted by Gasteiger charge is -2.16. The molecule has 0 spiro atoms. The zero-order chi connectivity index (χ0) is 15.1. The van der Waals surface area contributed by atoms with E-state index in [4.69, 9.17) is 10.2 Å². The van der Waals surface area contributed by atoms with E-state index in [0.29, 0.717) is 18.4 Å². The summed E-state index contributed by atoms with van der Waals surface area (Å²) < 4.78 is 0. The highest BCUT2D eigenvalue weighted by atomic mass is 16.4. The first-order valence-corrected chi connectivity index (χ1v) is 6.37. The second kappa shape index (κ2) is 7.49. The predicted octanol–water partition coefficient (Wildman–Crippen LogP) is 0.917. The van der Waals surface area contributed by atoms with Crippen molar-refractivity contribution in [3.63, 3.8) is 0 Å². The predicted molar refractivity (Wildman–Crippen MR) is 74.8 cm³/mol. The molecule has 1 amide bonds. The van der Waals surface area contributed by atoms with Gasteiger partial charge in [-0.05, 0) is 57.7 Å². The van der Waals surface area contributed by atoms with Crippen LogP contribution in [0.25, 0.3) is 0 Å². The molecule has 6 nitrogen and oxygen atoms in total. The minimum Gasteiger partial charge on any atom is -0.508 e. The van der Waals surface area contributed by atoms with E-state index in [0.717, 1.165) is 6.54 Å². The average molecular weight is 280 g/mol. The number of aromatic hydroxyl groups is 1. The van der Waals surface area contributed by atoms with Crippen LogP contribution in [0.15, 0.2) is 24.3 Å². The number of nitrogens with one attached hydrogen (secondary N) is 1. The summed E-state index contributed by atoms with van der Waals surface area (Å²) in [6.45, 7) is 0.763. The maximum absolute atomic E-state index is 11.9. The topological polar surface area (TPSA) is 89.9 Å². The third kappa shape index (κ3) is 5.27. The lowest BCUT2D eigenvalue weighted by atomic mass is 10.1. The fourth-order valence-electron chi connectivity index (χ4n) is 1.72. The molecule has 0 saturated carbocycles. The second-order valence-corrected chi connectivity index (χ2v) is 4.86. The Labute approximate surface area is 118 Å². The van der Waals surface area contributed by atoms with Gasteiger partial charge in [-0.2, -0.15) is 0 Å². The molecule has 3 N–H and O–H groups in total. The van der Waals surface area contributed by atoms with E-state index < -0.39 is 17.9 Å². The Kier molecular flexibility index (Phi) is 5.99. The summed E-state index contributed by atoms with van der Waals surface area (Å²) in [6, 6.07) is 4.76. The highest BCUT2D eigenvalue weighted by Crippen LogP contribution is 2.10. The lowest BCUT2D eigenvalue weighted by Crippen LogP contribution is -2.41. The molecule has 0 bridgehead atoms. The van der Waals surface area contributed by atoms with Crippen molar-refractivity contribution in [3.8, 4) is 5.75 Å². The minimum atomic E-state index is -1.05. The molecule has 0 fully saturated rings. The number of nitrogens with zero attached hydrogens (tertiary/aromatic N) is 1. The van der Waals surface area contributed by atoms with Gasteiger partial charge in [0, 0.05) is 5.56 Å². The number of rotatable bonds is 7. The van der Waals surface area contributed by atoms with Gasteiger partial charge < -0.3 is 20.4 Å². The van der Waals surface area contributed by atoms with Crippen LogP contribution < -0.4 is 5.32 Å². The van der Waals surface area contributed by atoms with Crippen LogP contribution in [-0.2, 0) is 4.79 Å². The Morgan fingerprint density at radius 3 is 2.35 bits per heavy atom. The zero-order valence-corrected chi connectivity index (χ0v) is 11.7. The number of amides is 1. The monoisotopic (exact) mass is 280 g/mol. The third-order valence-corrected chi connectivity index (χ3v) is 2.83. The van der Waals surface area contributed by atoms with Crippen molar-refractivity contribution in [1.82, 2.24) is 10.2 Å². The summed E-state index contributed by atoms with van der Waals surface area (Å²) in [5.74, 6) is -1.44. The fraction of sp³-hybridized carbons (Fsp3) is 0.429. The number of carboxylic acids is 1. The van der Waals surface area contributed by atoms with Crippen molar-refractivity contribution in [3.05, 3.63) is 29.8 Å². The van der Waals surface area contributed by atoms with E-state index >= 15 is 0 Å². The molecule has 20 heavy (non-hydrogen) atoms. The van der Waals surface area contributed by atoms with Gasteiger partial charge >= 0.3 is 5.97 Å². The number of phenols is 1. The van der Waals surface area contributed by atoms with Crippen LogP contribution >= 0.6 is 0 Å². The van der Waals surface area contributed by atoms with Crippen LogP contribution in [0.1, 0.15) is 23.2 Å². The van der Waals surface area contributed by atoms with Gasteiger partial charge in [-0.1, -0.05) is 0 Å². The zero-order valence-electron chi connectivity index (χ0n) is 11.7. The molecule has 110 valence electrons. The SMILES string of the molecule is CN(C)CCC[C@H](NC(=O)c1ccc(O)cc1)C(=O)O. The maximum Gasteiger partial charge on any atom is 0.326 e. The van der Waals surface area contributed by atoms with Crippen molar-refractivity contribution >= 4 is 11.9 Å². The first-order chi connectivity index (χ1) is 9.40. The van der Waals surface area contributed by atoms with Gasteiger partial charge in [0.05, 0.1) is 0 Å². The Morgan fingerprint density at radius 2 is 1.85 bits per heavy atom. The first kappa shape index (κ1) is 16.0. The Balaban J connectivity index is 2.58. The largest absolute Gasteiger partial charge is 0.508 e. The molecule has 1 rings (SSSR count). The number of benzene rings is 1. The molecule has 0 unspecified atom stereocenters. The molecular weight excluding hydrogens is 260 g/mol. The highest BCUT2D eigenvalue weighted by Gasteiger charge is 2.20. The molecule has 0 heterocycles. The number of hydrogen-bond acceptors (Lipinski definition) is 4. The Bertz CT molecular complexity index is 457. The van der Waals surface area contributed by atoms with Gasteiger partial charge in [-0.25, -0.2) is 4.79 Å². The number of carbonyl (C=O) groups excluding carboxylic acids is 1. The van der Waals surface area contributed by atoms with Crippen LogP contribution in [0, 0.1) is 0 Å². The standard InChI is InChI=1S/C14H20N2O4/c1-16(2)9-3-4-12(14(19)20)15-13(18)10-5-7-11(17)8-6-10/h5-8,12,17H,3-4,9H2,1-2H3,(H,15,18)(H,19,20)/t12-/m0/s1. The van der Waals surface area contributed by atoms with E-state index in [1.807, 2.05) is 19.0 Å².